The van der Waals surface area contributed by atoms with Gasteiger partial charge in [0.15, 0.2) is 0 Å². The quantitative estimate of drug-likeness (QED) is 0.645. The molecule has 1 saturated heterocycles. The maximum atomic E-state index is 13.0. The number of hydrogen-bond acceptors (Lipinski definition) is 3. The van der Waals surface area contributed by atoms with Gasteiger partial charge in [-0.3, -0.25) is 14.5 Å². The molecule has 0 spiro atoms. The summed E-state index contributed by atoms with van der Waals surface area (Å²) in [4.78, 5) is 30.3. The van der Waals surface area contributed by atoms with Crippen LogP contribution in [0.2, 0.25) is 0 Å². The molecule has 0 aromatic heterocycles. The Hall–Kier alpha value is -1.88. The monoisotopic (exact) mass is 427 g/mol. The van der Waals surface area contributed by atoms with E-state index in [1.54, 1.807) is 0 Å². The van der Waals surface area contributed by atoms with E-state index in [-0.39, 0.29) is 17.9 Å². The Kier molecular flexibility index (Phi) is 8.94. The Morgan fingerprint density at radius 2 is 1.68 bits per heavy atom. The number of benzene rings is 1. The minimum absolute atomic E-state index is 0.0450. The number of hydrogen-bond donors (Lipinski definition) is 1. The smallest absolute Gasteiger partial charge is 0.253 e. The largest absolute Gasteiger partial charge is 0.354 e. The van der Waals surface area contributed by atoms with Crippen molar-refractivity contribution < 1.29 is 9.59 Å². The van der Waals surface area contributed by atoms with Crippen LogP contribution in [-0.2, 0) is 11.2 Å². The summed E-state index contributed by atoms with van der Waals surface area (Å²) in [5.41, 5.74) is 2.07. The van der Waals surface area contributed by atoms with Gasteiger partial charge in [-0.05, 0) is 55.2 Å². The number of nitrogens with zero attached hydrogens (tertiary/aromatic N) is 2. The van der Waals surface area contributed by atoms with Gasteiger partial charge in [0.25, 0.3) is 5.91 Å². The fraction of sp³-hybridized carbons (Fsp3) is 0.692. The molecule has 2 aliphatic rings. The molecule has 1 saturated carbocycles. The Bertz CT molecular complexity index is 702. The predicted octanol–water partition coefficient (Wildman–Crippen LogP) is 4.12. The lowest BCUT2D eigenvalue weighted by Gasteiger charge is -2.41. The molecule has 2 amide bonds. The third-order valence-corrected chi connectivity index (χ3v) is 6.81. The highest BCUT2D eigenvalue weighted by Gasteiger charge is 2.37. The molecule has 1 atom stereocenters. The summed E-state index contributed by atoms with van der Waals surface area (Å²) in [7, 11) is 0. The molecule has 172 valence electrons. The van der Waals surface area contributed by atoms with E-state index in [1.807, 2.05) is 17.0 Å². The van der Waals surface area contributed by atoms with Crippen molar-refractivity contribution in [3.8, 4) is 0 Å². The average molecular weight is 428 g/mol. The zero-order chi connectivity index (χ0) is 22.2. The second kappa shape index (κ2) is 11.7. The molecule has 0 bridgehead atoms. The first-order valence-electron chi connectivity index (χ1n) is 12.4. The van der Waals surface area contributed by atoms with Gasteiger partial charge in [-0.25, -0.2) is 0 Å². The number of nitrogens with one attached hydrogen (secondary N) is 1. The average Bonchev–Trinajstić information content (AvgIpc) is 3.31. The second-order valence-electron chi connectivity index (χ2n) is 9.76. The lowest BCUT2D eigenvalue weighted by molar-refractivity contribution is -0.129. The van der Waals surface area contributed by atoms with E-state index in [9.17, 15) is 9.59 Å². The number of carbonyl (C=O) groups is 2. The van der Waals surface area contributed by atoms with E-state index in [1.165, 1.54) is 31.2 Å². The standard InChI is InChI=1S/C26H41N3O2/c1-4-5-8-21-11-13-23(14-12-21)26(31)29-17-15-28(16-18-29)24(22-9-6-7-10-22)25(30)27-19-20(2)3/h11-14,20,22,24H,4-10,15-19H2,1-3H3,(H,27,30). The summed E-state index contributed by atoms with van der Waals surface area (Å²) in [6, 6.07) is 8.08. The number of aryl methyl sites for hydroxylation is 1. The Balaban J connectivity index is 1.58. The molecule has 3 rings (SSSR count). The van der Waals surface area contributed by atoms with Gasteiger partial charge in [-0.15, -0.1) is 0 Å². The van der Waals surface area contributed by atoms with Crippen molar-refractivity contribution in [3.63, 3.8) is 0 Å². The molecule has 31 heavy (non-hydrogen) atoms. The highest BCUT2D eigenvalue weighted by atomic mass is 16.2. The maximum absolute atomic E-state index is 13.0. The second-order valence-corrected chi connectivity index (χ2v) is 9.76. The van der Waals surface area contributed by atoms with E-state index in [0.29, 0.717) is 24.9 Å². The van der Waals surface area contributed by atoms with Crippen LogP contribution < -0.4 is 5.32 Å². The van der Waals surface area contributed by atoms with Gasteiger partial charge >= 0.3 is 0 Å². The van der Waals surface area contributed by atoms with Crippen molar-refractivity contribution >= 4 is 11.8 Å². The summed E-state index contributed by atoms with van der Waals surface area (Å²) < 4.78 is 0. The molecule has 1 aromatic carbocycles. The van der Waals surface area contributed by atoms with Crippen molar-refractivity contribution in [3.05, 3.63) is 35.4 Å². The van der Waals surface area contributed by atoms with Gasteiger partial charge in [-0.2, -0.15) is 0 Å². The first-order chi connectivity index (χ1) is 15.0. The highest BCUT2D eigenvalue weighted by Crippen LogP contribution is 2.31. The first kappa shape index (κ1) is 23.8. The molecule has 5 nitrogen and oxygen atoms in total. The molecular formula is C26H41N3O2. The number of carbonyl (C=O) groups excluding carboxylic acids is 2. The minimum Gasteiger partial charge on any atom is -0.354 e. The van der Waals surface area contributed by atoms with Crippen LogP contribution in [0.5, 0.6) is 0 Å². The molecule has 1 heterocycles. The number of amides is 2. The molecule has 1 unspecified atom stereocenters. The molecule has 2 fully saturated rings. The summed E-state index contributed by atoms with van der Waals surface area (Å²) in [6.07, 6.45) is 8.18. The van der Waals surface area contributed by atoms with Crippen molar-refractivity contribution in [2.75, 3.05) is 32.7 Å². The molecule has 1 N–H and O–H groups in total. The van der Waals surface area contributed by atoms with Crippen LogP contribution in [-0.4, -0.2) is 60.4 Å². The lowest BCUT2D eigenvalue weighted by Crippen LogP contribution is -2.58. The van der Waals surface area contributed by atoms with Crippen LogP contribution >= 0.6 is 0 Å². The van der Waals surface area contributed by atoms with Crippen molar-refractivity contribution in [1.82, 2.24) is 15.1 Å². The lowest BCUT2D eigenvalue weighted by atomic mass is 9.94. The van der Waals surface area contributed by atoms with E-state index in [2.05, 4.69) is 43.1 Å². The summed E-state index contributed by atoms with van der Waals surface area (Å²) >= 11 is 0. The third-order valence-electron chi connectivity index (χ3n) is 6.81. The van der Waals surface area contributed by atoms with Gasteiger partial charge in [0, 0.05) is 38.3 Å². The molecular weight excluding hydrogens is 386 g/mol. The maximum Gasteiger partial charge on any atom is 0.253 e. The van der Waals surface area contributed by atoms with E-state index >= 15 is 0 Å². The molecule has 1 aliphatic carbocycles. The van der Waals surface area contributed by atoms with Crippen LogP contribution in [0, 0.1) is 11.8 Å². The number of unbranched alkanes of at least 4 members (excludes halogenated alkanes) is 1. The Morgan fingerprint density at radius 1 is 1.03 bits per heavy atom. The van der Waals surface area contributed by atoms with E-state index < -0.39 is 0 Å². The Labute approximate surface area is 188 Å². The summed E-state index contributed by atoms with van der Waals surface area (Å²) in [5, 5.41) is 3.17. The first-order valence-corrected chi connectivity index (χ1v) is 12.4. The van der Waals surface area contributed by atoms with Gasteiger partial charge in [0.1, 0.15) is 0 Å². The summed E-state index contributed by atoms with van der Waals surface area (Å²) in [6.45, 7) is 10.1. The normalized spacial score (nSPS) is 19.0. The van der Waals surface area contributed by atoms with Crippen LogP contribution in [0.1, 0.15) is 75.2 Å². The Morgan fingerprint density at radius 3 is 2.26 bits per heavy atom. The minimum atomic E-state index is -0.0450. The fourth-order valence-electron chi connectivity index (χ4n) is 4.94. The fourth-order valence-corrected chi connectivity index (χ4v) is 4.94. The number of rotatable bonds is 9. The topological polar surface area (TPSA) is 52.7 Å². The zero-order valence-electron chi connectivity index (χ0n) is 19.7. The van der Waals surface area contributed by atoms with Crippen LogP contribution in [0.3, 0.4) is 0 Å². The molecule has 0 radical (unpaired) electrons. The van der Waals surface area contributed by atoms with Gasteiger partial charge in [-0.1, -0.05) is 52.2 Å². The van der Waals surface area contributed by atoms with Gasteiger partial charge in [0.2, 0.25) is 5.91 Å². The van der Waals surface area contributed by atoms with Crippen molar-refractivity contribution in [2.24, 2.45) is 11.8 Å². The van der Waals surface area contributed by atoms with E-state index in [0.717, 1.165) is 44.5 Å². The van der Waals surface area contributed by atoms with Crippen LogP contribution in [0.25, 0.3) is 0 Å². The van der Waals surface area contributed by atoms with Crippen molar-refractivity contribution in [2.45, 2.75) is 71.8 Å². The van der Waals surface area contributed by atoms with E-state index in [4.69, 9.17) is 0 Å². The van der Waals surface area contributed by atoms with Crippen LogP contribution in [0.4, 0.5) is 0 Å². The van der Waals surface area contributed by atoms with Crippen molar-refractivity contribution in [1.29, 1.82) is 0 Å². The van der Waals surface area contributed by atoms with Crippen LogP contribution in [0.15, 0.2) is 24.3 Å². The SMILES string of the molecule is CCCCc1ccc(C(=O)N2CCN(C(C(=O)NCC(C)C)C3CCCC3)CC2)cc1. The molecule has 5 heteroatoms. The predicted molar refractivity (Wildman–Crippen MR) is 126 cm³/mol. The number of piperazine rings is 1. The van der Waals surface area contributed by atoms with Gasteiger partial charge in [0.05, 0.1) is 6.04 Å². The third kappa shape index (κ3) is 6.55. The summed E-state index contributed by atoms with van der Waals surface area (Å²) in [5.74, 6) is 1.20. The van der Waals surface area contributed by atoms with Gasteiger partial charge < -0.3 is 10.2 Å². The zero-order valence-corrected chi connectivity index (χ0v) is 19.7. The molecule has 1 aromatic rings. The molecule has 1 aliphatic heterocycles. The highest BCUT2D eigenvalue weighted by molar-refractivity contribution is 5.94.